The normalized spacial score (nSPS) is 10.8. The molecule has 0 aliphatic carbocycles. The minimum Gasteiger partial charge on any atom is -0.495 e. The first-order valence-corrected chi connectivity index (χ1v) is 6.36. The van der Waals surface area contributed by atoms with E-state index in [9.17, 15) is 4.79 Å². The van der Waals surface area contributed by atoms with E-state index in [2.05, 4.69) is 10.1 Å². The van der Waals surface area contributed by atoms with Gasteiger partial charge < -0.3 is 9.84 Å². The molecule has 0 bridgehead atoms. The summed E-state index contributed by atoms with van der Waals surface area (Å²) >= 11 is 6.08. The summed E-state index contributed by atoms with van der Waals surface area (Å²) in [5.74, 6) is -0.272. The van der Waals surface area contributed by atoms with E-state index in [-0.39, 0.29) is 11.7 Å². The standard InChI is InChI=1S/C13H14ClN3O3/c1-7(2)12-15-11(13(18)19)16-17(12)8-4-5-10(20-3)9(14)6-8/h4-7H,1-3H3,(H,18,19). The highest BCUT2D eigenvalue weighted by molar-refractivity contribution is 6.32. The summed E-state index contributed by atoms with van der Waals surface area (Å²) in [6.07, 6.45) is 0. The topological polar surface area (TPSA) is 77.2 Å². The number of benzene rings is 1. The van der Waals surface area contributed by atoms with Crippen LogP contribution < -0.4 is 4.74 Å². The number of aromatic nitrogens is 3. The number of hydrogen-bond acceptors (Lipinski definition) is 4. The van der Waals surface area contributed by atoms with Gasteiger partial charge in [-0.05, 0) is 18.2 Å². The Balaban J connectivity index is 2.56. The second-order valence-electron chi connectivity index (χ2n) is 4.48. The van der Waals surface area contributed by atoms with Crippen LogP contribution in [0.15, 0.2) is 18.2 Å². The Kier molecular flexibility index (Phi) is 3.94. The summed E-state index contributed by atoms with van der Waals surface area (Å²) in [6.45, 7) is 3.83. The van der Waals surface area contributed by atoms with Gasteiger partial charge in [0, 0.05) is 5.92 Å². The van der Waals surface area contributed by atoms with Gasteiger partial charge in [0.05, 0.1) is 17.8 Å². The van der Waals surface area contributed by atoms with Crippen molar-refractivity contribution in [2.24, 2.45) is 0 Å². The van der Waals surface area contributed by atoms with Crippen molar-refractivity contribution >= 4 is 17.6 Å². The maximum atomic E-state index is 11.0. The minimum absolute atomic E-state index is 0.0245. The van der Waals surface area contributed by atoms with E-state index in [0.29, 0.717) is 22.3 Å². The summed E-state index contributed by atoms with van der Waals surface area (Å²) in [5, 5.41) is 13.4. The number of carboxylic acid groups (broad SMARTS) is 1. The first-order chi connectivity index (χ1) is 9.43. The monoisotopic (exact) mass is 295 g/mol. The van der Waals surface area contributed by atoms with Crippen molar-refractivity contribution in [3.8, 4) is 11.4 Å². The molecule has 20 heavy (non-hydrogen) atoms. The Morgan fingerprint density at radius 2 is 2.15 bits per heavy atom. The lowest BCUT2D eigenvalue weighted by molar-refractivity contribution is 0.0683. The van der Waals surface area contributed by atoms with E-state index in [4.69, 9.17) is 21.4 Å². The average molecular weight is 296 g/mol. The van der Waals surface area contributed by atoms with Crippen LogP contribution in [-0.4, -0.2) is 33.0 Å². The molecule has 0 amide bonds. The predicted molar refractivity (Wildman–Crippen MR) is 74.0 cm³/mol. The number of carbonyl (C=O) groups is 1. The van der Waals surface area contributed by atoms with Gasteiger partial charge >= 0.3 is 5.97 Å². The van der Waals surface area contributed by atoms with Crippen molar-refractivity contribution in [2.45, 2.75) is 19.8 Å². The Morgan fingerprint density at radius 1 is 1.45 bits per heavy atom. The second-order valence-corrected chi connectivity index (χ2v) is 4.89. The highest BCUT2D eigenvalue weighted by atomic mass is 35.5. The Labute approximate surface area is 121 Å². The van der Waals surface area contributed by atoms with Crippen LogP contribution in [0.4, 0.5) is 0 Å². The van der Waals surface area contributed by atoms with Crippen molar-refractivity contribution in [3.63, 3.8) is 0 Å². The van der Waals surface area contributed by atoms with Gasteiger partial charge in [0.15, 0.2) is 0 Å². The van der Waals surface area contributed by atoms with Crippen LogP contribution in [0, 0.1) is 0 Å². The maximum absolute atomic E-state index is 11.0. The molecule has 0 unspecified atom stereocenters. The zero-order valence-corrected chi connectivity index (χ0v) is 12.0. The van der Waals surface area contributed by atoms with Crippen LogP contribution in [0.1, 0.15) is 36.2 Å². The third-order valence-corrected chi connectivity index (χ3v) is 3.02. The quantitative estimate of drug-likeness (QED) is 0.938. The SMILES string of the molecule is COc1ccc(-n2nc(C(=O)O)nc2C(C)C)cc1Cl. The van der Waals surface area contributed by atoms with Crippen LogP contribution in [0.5, 0.6) is 5.75 Å². The summed E-state index contributed by atoms with van der Waals surface area (Å²) in [6, 6.07) is 5.10. The smallest absolute Gasteiger partial charge is 0.375 e. The van der Waals surface area contributed by atoms with Gasteiger partial charge in [0.1, 0.15) is 11.6 Å². The number of carboxylic acids is 1. The summed E-state index contributed by atoms with van der Waals surface area (Å²) in [7, 11) is 1.53. The van der Waals surface area contributed by atoms with Gasteiger partial charge in [-0.1, -0.05) is 25.4 Å². The van der Waals surface area contributed by atoms with Crippen molar-refractivity contribution in [1.29, 1.82) is 0 Å². The predicted octanol–water partition coefficient (Wildman–Crippen LogP) is 2.75. The molecule has 2 aromatic rings. The van der Waals surface area contributed by atoms with Gasteiger partial charge in [-0.2, -0.15) is 0 Å². The number of halogens is 1. The number of ether oxygens (including phenoxy) is 1. The van der Waals surface area contributed by atoms with Crippen molar-refractivity contribution in [3.05, 3.63) is 34.9 Å². The Hall–Kier alpha value is -2.08. The number of hydrogen-bond donors (Lipinski definition) is 1. The number of rotatable bonds is 4. The highest BCUT2D eigenvalue weighted by Crippen LogP contribution is 2.27. The molecule has 7 heteroatoms. The van der Waals surface area contributed by atoms with E-state index in [1.54, 1.807) is 18.2 Å². The molecule has 106 valence electrons. The lowest BCUT2D eigenvalue weighted by Crippen LogP contribution is -2.05. The van der Waals surface area contributed by atoms with Crippen LogP contribution in [0.3, 0.4) is 0 Å². The lowest BCUT2D eigenvalue weighted by atomic mass is 10.2. The zero-order chi connectivity index (χ0) is 14.9. The zero-order valence-electron chi connectivity index (χ0n) is 11.3. The fraction of sp³-hybridized carbons (Fsp3) is 0.308. The Morgan fingerprint density at radius 3 is 2.65 bits per heavy atom. The molecule has 1 aromatic carbocycles. The highest BCUT2D eigenvalue weighted by Gasteiger charge is 2.19. The molecule has 1 aromatic heterocycles. The van der Waals surface area contributed by atoms with E-state index in [1.807, 2.05) is 13.8 Å². The summed E-state index contributed by atoms with van der Waals surface area (Å²) < 4.78 is 6.57. The van der Waals surface area contributed by atoms with Gasteiger partial charge in [-0.3, -0.25) is 0 Å². The number of methoxy groups -OCH3 is 1. The number of nitrogens with zero attached hydrogens (tertiary/aromatic N) is 3. The minimum atomic E-state index is -1.16. The van der Waals surface area contributed by atoms with E-state index < -0.39 is 5.97 Å². The molecule has 0 radical (unpaired) electrons. The molecule has 1 heterocycles. The van der Waals surface area contributed by atoms with Gasteiger partial charge in [0.2, 0.25) is 0 Å². The van der Waals surface area contributed by atoms with Crippen molar-refractivity contribution in [1.82, 2.24) is 14.8 Å². The average Bonchev–Trinajstić information content (AvgIpc) is 2.84. The van der Waals surface area contributed by atoms with E-state index >= 15 is 0 Å². The molecule has 0 saturated heterocycles. The van der Waals surface area contributed by atoms with Crippen LogP contribution >= 0.6 is 11.6 Å². The largest absolute Gasteiger partial charge is 0.495 e. The first kappa shape index (κ1) is 14.3. The molecule has 0 fully saturated rings. The molecular formula is C13H14ClN3O3. The molecule has 0 spiro atoms. The lowest BCUT2D eigenvalue weighted by Gasteiger charge is -2.10. The molecule has 0 aliphatic heterocycles. The van der Waals surface area contributed by atoms with E-state index in [0.717, 1.165) is 0 Å². The Bertz CT molecular complexity index is 652. The second kappa shape index (κ2) is 5.50. The fourth-order valence-corrected chi connectivity index (χ4v) is 2.02. The molecule has 2 rings (SSSR count). The summed E-state index contributed by atoms with van der Waals surface area (Å²) in [5.41, 5.74) is 0.638. The molecule has 0 saturated carbocycles. The van der Waals surface area contributed by atoms with Crippen LogP contribution in [0.2, 0.25) is 5.02 Å². The van der Waals surface area contributed by atoms with Crippen molar-refractivity contribution in [2.75, 3.05) is 7.11 Å². The maximum Gasteiger partial charge on any atom is 0.375 e. The first-order valence-electron chi connectivity index (χ1n) is 5.98. The third-order valence-electron chi connectivity index (χ3n) is 2.72. The van der Waals surface area contributed by atoms with Crippen molar-refractivity contribution < 1.29 is 14.6 Å². The van der Waals surface area contributed by atoms with Gasteiger partial charge in [-0.25, -0.2) is 14.5 Å². The van der Waals surface area contributed by atoms with E-state index in [1.165, 1.54) is 11.8 Å². The molecule has 6 nitrogen and oxygen atoms in total. The molecule has 0 aliphatic rings. The third kappa shape index (κ3) is 2.60. The van der Waals surface area contributed by atoms with Crippen LogP contribution in [0.25, 0.3) is 5.69 Å². The molecular weight excluding hydrogens is 282 g/mol. The molecule has 0 atom stereocenters. The summed E-state index contributed by atoms with van der Waals surface area (Å²) in [4.78, 5) is 15.0. The van der Waals surface area contributed by atoms with Gasteiger partial charge in [-0.15, -0.1) is 5.10 Å². The number of aromatic carboxylic acids is 1. The van der Waals surface area contributed by atoms with Crippen LogP contribution in [-0.2, 0) is 0 Å². The fourth-order valence-electron chi connectivity index (χ4n) is 1.77. The van der Waals surface area contributed by atoms with Gasteiger partial charge in [0.25, 0.3) is 5.82 Å². The molecule has 1 N–H and O–H groups in total.